The zero-order valence-corrected chi connectivity index (χ0v) is 7.15. The zero-order chi connectivity index (χ0) is 7.94. The van der Waals surface area contributed by atoms with E-state index in [0.29, 0.717) is 11.3 Å². The highest BCUT2D eigenvalue weighted by Gasteiger charge is 2.48. The molecule has 0 aromatic carbocycles. The van der Waals surface area contributed by atoms with Crippen LogP contribution in [0.15, 0.2) is 12.2 Å². The van der Waals surface area contributed by atoms with Crippen LogP contribution in [-0.2, 0) is 0 Å². The summed E-state index contributed by atoms with van der Waals surface area (Å²) in [4.78, 5) is 0. The maximum absolute atomic E-state index is 5.90. The molecular weight excluding hydrogens is 122 g/mol. The van der Waals surface area contributed by atoms with Gasteiger partial charge in [0.25, 0.3) is 0 Å². The molecule has 0 amide bonds. The summed E-state index contributed by atoms with van der Waals surface area (Å²) in [6, 6.07) is 0.231. The second-order valence-corrected chi connectivity index (χ2v) is 4.17. The number of hydrogen-bond donors (Lipinski definition) is 1. The molecule has 1 rings (SSSR count). The highest BCUT2D eigenvalue weighted by atomic mass is 14.7. The predicted molar refractivity (Wildman–Crippen MR) is 44.7 cm³/mol. The molecule has 1 aliphatic carbocycles. The second kappa shape index (κ2) is 2.09. The van der Waals surface area contributed by atoms with E-state index in [4.69, 9.17) is 5.73 Å². The molecule has 1 nitrogen and oxygen atoms in total. The Hall–Kier alpha value is -0.300. The molecule has 10 heavy (non-hydrogen) atoms. The summed E-state index contributed by atoms with van der Waals surface area (Å²) in [5.41, 5.74) is 7.50. The van der Waals surface area contributed by atoms with Gasteiger partial charge in [0.15, 0.2) is 0 Å². The number of rotatable bonds is 2. The van der Waals surface area contributed by atoms with Crippen molar-refractivity contribution in [2.75, 3.05) is 0 Å². The van der Waals surface area contributed by atoms with Crippen LogP contribution in [0.2, 0.25) is 0 Å². The van der Waals surface area contributed by atoms with Gasteiger partial charge in [0.1, 0.15) is 0 Å². The highest BCUT2D eigenvalue weighted by molar-refractivity contribution is 5.12. The average molecular weight is 139 g/mol. The Morgan fingerprint density at radius 1 is 1.70 bits per heavy atom. The van der Waals surface area contributed by atoms with Gasteiger partial charge in [0.2, 0.25) is 0 Å². The first kappa shape index (κ1) is 7.80. The molecular formula is C9H17N. The summed E-state index contributed by atoms with van der Waals surface area (Å²) < 4.78 is 0. The van der Waals surface area contributed by atoms with E-state index in [9.17, 15) is 0 Å². The fourth-order valence-corrected chi connectivity index (χ4v) is 1.46. The van der Waals surface area contributed by atoms with Gasteiger partial charge in [-0.1, -0.05) is 26.0 Å². The Labute approximate surface area is 63.3 Å². The summed E-state index contributed by atoms with van der Waals surface area (Å²) in [7, 11) is 0. The Balaban J connectivity index is 2.47. The lowest BCUT2D eigenvalue weighted by Gasteiger charge is -2.12. The first-order chi connectivity index (χ1) is 4.45. The Morgan fingerprint density at radius 3 is 2.20 bits per heavy atom. The average Bonchev–Trinajstić information content (AvgIpc) is 2.38. The van der Waals surface area contributed by atoms with Gasteiger partial charge in [-0.3, -0.25) is 0 Å². The monoisotopic (exact) mass is 139 g/mol. The van der Waals surface area contributed by atoms with Crippen molar-refractivity contribution in [3.05, 3.63) is 12.2 Å². The molecule has 2 atom stereocenters. The van der Waals surface area contributed by atoms with Gasteiger partial charge in [-0.05, 0) is 24.7 Å². The third kappa shape index (κ3) is 1.24. The molecule has 0 saturated heterocycles. The van der Waals surface area contributed by atoms with Crippen molar-refractivity contribution in [2.24, 2.45) is 17.1 Å². The van der Waals surface area contributed by atoms with E-state index in [0.717, 1.165) is 5.57 Å². The first-order valence-electron chi connectivity index (χ1n) is 3.86. The third-order valence-corrected chi connectivity index (χ3v) is 2.59. The Morgan fingerprint density at radius 2 is 2.10 bits per heavy atom. The van der Waals surface area contributed by atoms with E-state index >= 15 is 0 Å². The molecule has 2 N–H and O–H groups in total. The van der Waals surface area contributed by atoms with Crippen molar-refractivity contribution >= 4 is 0 Å². The Kier molecular flexibility index (Phi) is 1.63. The van der Waals surface area contributed by atoms with Crippen LogP contribution in [-0.4, -0.2) is 6.04 Å². The number of hydrogen-bond acceptors (Lipinski definition) is 1. The lowest BCUT2D eigenvalue weighted by molar-refractivity contribution is 0.513. The van der Waals surface area contributed by atoms with Crippen molar-refractivity contribution in [1.29, 1.82) is 0 Å². The maximum Gasteiger partial charge on any atom is 0.0282 e. The summed E-state index contributed by atoms with van der Waals surface area (Å²) in [5, 5.41) is 0. The van der Waals surface area contributed by atoms with Crippen molar-refractivity contribution in [1.82, 2.24) is 0 Å². The third-order valence-electron chi connectivity index (χ3n) is 2.59. The van der Waals surface area contributed by atoms with Crippen LogP contribution in [0.4, 0.5) is 0 Å². The fourth-order valence-electron chi connectivity index (χ4n) is 1.46. The zero-order valence-electron chi connectivity index (χ0n) is 7.15. The van der Waals surface area contributed by atoms with Crippen LogP contribution in [0, 0.1) is 11.3 Å². The molecule has 0 aromatic rings. The van der Waals surface area contributed by atoms with E-state index < -0.39 is 0 Å². The molecule has 0 aromatic heterocycles. The van der Waals surface area contributed by atoms with Crippen molar-refractivity contribution in [2.45, 2.75) is 33.2 Å². The van der Waals surface area contributed by atoms with E-state index in [1.54, 1.807) is 0 Å². The van der Waals surface area contributed by atoms with Crippen molar-refractivity contribution in [3.63, 3.8) is 0 Å². The minimum absolute atomic E-state index is 0.231. The quantitative estimate of drug-likeness (QED) is 0.581. The van der Waals surface area contributed by atoms with Crippen LogP contribution in [0.25, 0.3) is 0 Å². The topological polar surface area (TPSA) is 26.0 Å². The van der Waals surface area contributed by atoms with Crippen LogP contribution in [0.3, 0.4) is 0 Å². The normalized spacial score (nSPS) is 31.4. The van der Waals surface area contributed by atoms with E-state index in [-0.39, 0.29) is 6.04 Å². The molecule has 0 spiro atoms. The van der Waals surface area contributed by atoms with Crippen LogP contribution in [0.5, 0.6) is 0 Å². The molecule has 1 fully saturated rings. The first-order valence-corrected chi connectivity index (χ1v) is 3.86. The van der Waals surface area contributed by atoms with Gasteiger partial charge < -0.3 is 5.73 Å². The second-order valence-electron chi connectivity index (χ2n) is 4.17. The summed E-state index contributed by atoms with van der Waals surface area (Å²) in [6.45, 7) is 10.4. The molecule has 1 saturated carbocycles. The smallest absolute Gasteiger partial charge is 0.0282 e. The standard InChI is InChI=1S/C9H17N/c1-6(2)8(10)7-5-9(7,3)4/h7-8H,1,5,10H2,2-4H3. The predicted octanol–water partition coefficient (Wildman–Crippen LogP) is 1.94. The summed E-state index contributed by atoms with van der Waals surface area (Å²) >= 11 is 0. The summed E-state index contributed by atoms with van der Waals surface area (Å²) in [5.74, 6) is 0.685. The molecule has 1 heteroatoms. The van der Waals surface area contributed by atoms with Crippen LogP contribution < -0.4 is 5.73 Å². The molecule has 0 heterocycles. The minimum atomic E-state index is 0.231. The molecule has 0 radical (unpaired) electrons. The minimum Gasteiger partial charge on any atom is -0.324 e. The SMILES string of the molecule is C=C(C)C(N)C1CC1(C)C. The largest absolute Gasteiger partial charge is 0.324 e. The van der Waals surface area contributed by atoms with Gasteiger partial charge in [-0.15, -0.1) is 0 Å². The fraction of sp³-hybridized carbons (Fsp3) is 0.778. The summed E-state index contributed by atoms with van der Waals surface area (Å²) in [6.07, 6.45) is 1.26. The maximum atomic E-state index is 5.90. The van der Waals surface area contributed by atoms with Crippen molar-refractivity contribution < 1.29 is 0 Å². The van der Waals surface area contributed by atoms with Gasteiger partial charge in [-0.2, -0.15) is 0 Å². The highest BCUT2D eigenvalue weighted by Crippen LogP contribution is 2.53. The van der Waals surface area contributed by atoms with E-state index in [2.05, 4.69) is 20.4 Å². The van der Waals surface area contributed by atoms with Crippen molar-refractivity contribution in [3.8, 4) is 0 Å². The molecule has 1 aliphatic rings. The van der Waals surface area contributed by atoms with E-state index in [1.807, 2.05) is 6.92 Å². The van der Waals surface area contributed by atoms with Gasteiger partial charge in [-0.25, -0.2) is 0 Å². The Bertz CT molecular complexity index is 158. The lowest BCUT2D eigenvalue weighted by atomic mass is 10.0. The molecule has 0 bridgehead atoms. The molecule has 0 aliphatic heterocycles. The van der Waals surface area contributed by atoms with Crippen LogP contribution >= 0.6 is 0 Å². The van der Waals surface area contributed by atoms with Gasteiger partial charge >= 0.3 is 0 Å². The van der Waals surface area contributed by atoms with Crippen LogP contribution in [0.1, 0.15) is 27.2 Å². The lowest BCUT2D eigenvalue weighted by Crippen LogP contribution is -2.25. The molecule has 2 unspecified atom stereocenters. The molecule has 58 valence electrons. The van der Waals surface area contributed by atoms with Gasteiger partial charge in [0.05, 0.1) is 0 Å². The number of nitrogens with two attached hydrogens (primary N) is 1. The van der Waals surface area contributed by atoms with Gasteiger partial charge in [0, 0.05) is 6.04 Å². The van der Waals surface area contributed by atoms with E-state index in [1.165, 1.54) is 6.42 Å².